The molecule has 0 spiro atoms. The van der Waals surface area contributed by atoms with Crippen LogP contribution < -0.4 is 5.32 Å². The fourth-order valence-electron chi connectivity index (χ4n) is 1.68. The third-order valence-corrected chi connectivity index (χ3v) is 3.34. The number of alkyl halides is 3. The van der Waals surface area contributed by atoms with Crippen LogP contribution in [0.1, 0.15) is 11.1 Å². The Kier molecular flexibility index (Phi) is 4.80. The van der Waals surface area contributed by atoms with Crippen LogP contribution >= 0.6 is 15.9 Å². The van der Waals surface area contributed by atoms with Crippen molar-refractivity contribution < 1.29 is 22.4 Å². The molecule has 0 bridgehead atoms. The van der Waals surface area contributed by atoms with Gasteiger partial charge in [0.25, 0.3) is 0 Å². The third kappa shape index (κ3) is 4.03. The molecule has 0 atom stereocenters. The van der Waals surface area contributed by atoms with Crippen molar-refractivity contribution in [2.24, 2.45) is 0 Å². The van der Waals surface area contributed by atoms with E-state index >= 15 is 0 Å². The maximum Gasteiger partial charge on any atom is 0.417 e. The summed E-state index contributed by atoms with van der Waals surface area (Å²) in [5, 5.41) is 2.33. The molecule has 0 saturated carbocycles. The second-order valence-corrected chi connectivity index (χ2v) is 5.22. The molecule has 116 valence electrons. The van der Waals surface area contributed by atoms with Crippen LogP contribution in [0.5, 0.6) is 0 Å². The summed E-state index contributed by atoms with van der Waals surface area (Å²) in [5.74, 6) is -1.18. The minimum atomic E-state index is -4.52. The normalized spacial score (nSPS) is 11.3. The van der Waals surface area contributed by atoms with Crippen molar-refractivity contribution in [3.63, 3.8) is 0 Å². The number of nitrogens with one attached hydrogen (secondary N) is 1. The van der Waals surface area contributed by atoms with E-state index in [4.69, 9.17) is 0 Å². The lowest BCUT2D eigenvalue weighted by Gasteiger charge is -2.10. The maximum atomic E-state index is 13.4. The van der Waals surface area contributed by atoms with E-state index in [9.17, 15) is 22.4 Å². The molecule has 0 aliphatic carbocycles. The molecule has 2 rings (SSSR count). The van der Waals surface area contributed by atoms with Gasteiger partial charge in [0.05, 0.1) is 16.5 Å². The van der Waals surface area contributed by atoms with Gasteiger partial charge in [-0.15, -0.1) is 0 Å². The van der Waals surface area contributed by atoms with E-state index in [1.807, 2.05) is 0 Å². The van der Waals surface area contributed by atoms with Gasteiger partial charge in [0, 0.05) is 6.20 Å². The predicted octanol–water partition coefficient (Wildman–Crippen LogP) is 4.18. The molecule has 1 N–H and O–H groups in total. The number of amides is 1. The zero-order valence-electron chi connectivity index (χ0n) is 10.9. The number of rotatable bonds is 3. The molecule has 3 nitrogen and oxygen atoms in total. The quantitative estimate of drug-likeness (QED) is 0.816. The van der Waals surface area contributed by atoms with Gasteiger partial charge in [-0.2, -0.15) is 13.2 Å². The van der Waals surface area contributed by atoms with Crippen LogP contribution in [0.4, 0.5) is 23.4 Å². The molecule has 0 aliphatic rings. The summed E-state index contributed by atoms with van der Waals surface area (Å²) in [5.41, 5.74) is -0.755. The van der Waals surface area contributed by atoms with Crippen molar-refractivity contribution in [2.45, 2.75) is 12.6 Å². The van der Waals surface area contributed by atoms with Gasteiger partial charge >= 0.3 is 6.18 Å². The van der Waals surface area contributed by atoms with Crippen LogP contribution in [0.15, 0.2) is 41.0 Å². The predicted molar refractivity (Wildman–Crippen MR) is 75.7 cm³/mol. The number of hydrogen-bond acceptors (Lipinski definition) is 2. The molecule has 1 aromatic heterocycles. The average Bonchev–Trinajstić information content (AvgIpc) is 2.42. The molecule has 0 aliphatic heterocycles. The van der Waals surface area contributed by atoms with Gasteiger partial charge in [-0.05, 0) is 33.6 Å². The molecule has 1 aromatic carbocycles. The zero-order valence-corrected chi connectivity index (χ0v) is 12.5. The first-order valence-electron chi connectivity index (χ1n) is 6.03. The van der Waals surface area contributed by atoms with E-state index in [-0.39, 0.29) is 22.3 Å². The lowest BCUT2D eigenvalue weighted by molar-refractivity contribution is -0.137. The van der Waals surface area contributed by atoms with Gasteiger partial charge in [0.2, 0.25) is 5.91 Å². The van der Waals surface area contributed by atoms with Crippen LogP contribution in [0.2, 0.25) is 0 Å². The lowest BCUT2D eigenvalue weighted by atomic mass is 10.1. The SMILES string of the molecule is O=C(Cc1ccccc1F)Nc1ncc(C(F)(F)F)cc1Br. The van der Waals surface area contributed by atoms with E-state index in [0.717, 1.165) is 6.07 Å². The average molecular weight is 377 g/mol. The Hall–Kier alpha value is -1.96. The molecular formula is C14H9BrF4N2O. The molecule has 2 aromatic rings. The summed E-state index contributed by atoms with van der Waals surface area (Å²) < 4.78 is 50.9. The van der Waals surface area contributed by atoms with E-state index in [1.54, 1.807) is 6.07 Å². The number of carbonyl (C=O) groups excluding carboxylic acids is 1. The summed E-state index contributed by atoms with van der Waals surface area (Å²) in [6.45, 7) is 0. The van der Waals surface area contributed by atoms with Crippen LogP contribution in [-0.2, 0) is 17.4 Å². The fraction of sp³-hybridized carbons (Fsp3) is 0.143. The molecule has 1 amide bonds. The number of benzene rings is 1. The van der Waals surface area contributed by atoms with Crippen molar-refractivity contribution in [3.05, 3.63) is 57.9 Å². The number of aromatic nitrogens is 1. The second kappa shape index (κ2) is 6.43. The summed E-state index contributed by atoms with van der Waals surface area (Å²) in [4.78, 5) is 15.4. The van der Waals surface area contributed by atoms with Gasteiger partial charge in [-0.25, -0.2) is 9.37 Å². The molecule has 1 heterocycles. The Morgan fingerprint density at radius 3 is 2.55 bits per heavy atom. The standard InChI is InChI=1S/C14H9BrF4N2O/c15-10-6-9(14(17,18)19)7-20-13(10)21-12(22)5-8-3-1-2-4-11(8)16/h1-4,6-7H,5H2,(H,20,21,22). The van der Waals surface area contributed by atoms with Crippen molar-refractivity contribution in [1.29, 1.82) is 0 Å². The Bertz CT molecular complexity index is 703. The van der Waals surface area contributed by atoms with Gasteiger partial charge in [-0.1, -0.05) is 18.2 Å². The lowest BCUT2D eigenvalue weighted by Crippen LogP contribution is -2.17. The van der Waals surface area contributed by atoms with Gasteiger partial charge in [0.15, 0.2) is 0 Å². The molecular weight excluding hydrogens is 368 g/mol. The molecule has 22 heavy (non-hydrogen) atoms. The minimum Gasteiger partial charge on any atom is -0.309 e. The monoisotopic (exact) mass is 376 g/mol. The van der Waals surface area contributed by atoms with Crippen molar-refractivity contribution in [1.82, 2.24) is 4.98 Å². The number of pyridine rings is 1. The summed E-state index contributed by atoms with van der Waals surface area (Å²) in [7, 11) is 0. The largest absolute Gasteiger partial charge is 0.417 e. The Morgan fingerprint density at radius 1 is 1.27 bits per heavy atom. The van der Waals surface area contributed by atoms with Crippen LogP contribution in [-0.4, -0.2) is 10.9 Å². The number of anilines is 1. The minimum absolute atomic E-state index is 0.00999. The fourth-order valence-corrected chi connectivity index (χ4v) is 2.12. The highest BCUT2D eigenvalue weighted by Gasteiger charge is 2.31. The van der Waals surface area contributed by atoms with Crippen LogP contribution in [0.3, 0.4) is 0 Å². The second-order valence-electron chi connectivity index (χ2n) is 4.37. The highest BCUT2D eigenvalue weighted by Crippen LogP contribution is 2.32. The maximum absolute atomic E-state index is 13.4. The first kappa shape index (κ1) is 16.4. The number of carbonyl (C=O) groups is 1. The summed E-state index contributed by atoms with van der Waals surface area (Å²) >= 11 is 2.92. The van der Waals surface area contributed by atoms with Gasteiger partial charge < -0.3 is 5.32 Å². The Morgan fingerprint density at radius 2 is 1.95 bits per heavy atom. The molecule has 0 fully saturated rings. The molecule has 8 heteroatoms. The zero-order chi connectivity index (χ0) is 16.3. The van der Waals surface area contributed by atoms with Gasteiger partial charge in [-0.3, -0.25) is 4.79 Å². The topological polar surface area (TPSA) is 42.0 Å². The third-order valence-electron chi connectivity index (χ3n) is 2.74. The van der Waals surface area contributed by atoms with Crippen molar-refractivity contribution in [2.75, 3.05) is 5.32 Å². The van der Waals surface area contributed by atoms with Crippen molar-refractivity contribution in [3.8, 4) is 0 Å². The van der Waals surface area contributed by atoms with Crippen molar-refractivity contribution >= 4 is 27.7 Å². The first-order chi connectivity index (χ1) is 10.3. The van der Waals surface area contributed by atoms with E-state index in [1.165, 1.54) is 18.2 Å². The number of nitrogens with zero attached hydrogens (tertiary/aromatic N) is 1. The highest BCUT2D eigenvalue weighted by molar-refractivity contribution is 9.10. The first-order valence-corrected chi connectivity index (χ1v) is 6.82. The Labute approximate surface area is 131 Å². The summed E-state index contributed by atoms with van der Waals surface area (Å²) in [6, 6.07) is 6.55. The van der Waals surface area contributed by atoms with Crippen LogP contribution in [0.25, 0.3) is 0 Å². The van der Waals surface area contributed by atoms with E-state index in [2.05, 4.69) is 26.2 Å². The van der Waals surface area contributed by atoms with Gasteiger partial charge in [0.1, 0.15) is 11.6 Å². The molecule has 0 saturated heterocycles. The highest BCUT2D eigenvalue weighted by atomic mass is 79.9. The number of hydrogen-bond donors (Lipinski definition) is 1. The van der Waals surface area contributed by atoms with E-state index in [0.29, 0.717) is 6.20 Å². The van der Waals surface area contributed by atoms with E-state index < -0.39 is 23.5 Å². The smallest absolute Gasteiger partial charge is 0.309 e. The molecule has 0 unspecified atom stereocenters. The van der Waals surface area contributed by atoms with Crippen LogP contribution in [0, 0.1) is 5.82 Å². The molecule has 0 radical (unpaired) electrons. The number of halogens is 5. The summed E-state index contributed by atoms with van der Waals surface area (Å²) in [6.07, 6.45) is -4.16. The Balaban J connectivity index is 2.11.